The molecule has 1 N–H and O–H groups in total. The van der Waals surface area contributed by atoms with Gasteiger partial charge < -0.3 is 9.73 Å². The third kappa shape index (κ3) is 2.94. The Morgan fingerprint density at radius 2 is 2.08 bits per heavy atom. The zero-order valence-corrected chi connectivity index (χ0v) is 14.2. The number of fused-ring (bicyclic) bond motifs is 1. The number of nitrogens with one attached hydrogen (secondary N) is 1. The molecule has 1 aliphatic heterocycles. The third-order valence-corrected chi connectivity index (χ3v) is 6.72. The fourth-order valence-corrected chi connectivity index (χ4v) is 5.32. The number of hydrogen-bond donors (Lipinski definition) is 1. The first-order chi connectivity index (χ1) is 11.5. The van der Waals surface area contributed by atoms with Crippen LogP contribution < -0.4 is 5.32 Å². The first-order valence-electron chi connectivity index (χ1n) is 7.47. The molecule has 8 heteroatoms. The molecule has 1 amide bonds. The lowest BCUT2D eigenvalue weighted by atomic mass is 10.2. The van der Waals surface area contributed by atoms with Crippen LogP contribution in [0.3, 0.4) is 0 Å². The summed E-state index contributed by atoms with van der Waals surface area (Å²) in [5, 5.41) is 3.42. The van der Waals surface area contributed by atoms with Gasteiger partial charge in [0, 0.05) is 6.04 Å². The second-order valence-corrected chi connectivity index (χ2v) is 8.98. The number of para-hydroxylation sites is 1. The van der Waals surface area contributed by atoms with Crippen molar-refractivity contribution in [2.45, 2.75) is 12.5 Å². The molecule has 1 saturated heterocycles. The molecule has 3 heterocycles. The van der Waals surface area contributed by atoms with Gasteiger partial charge >= 0.3 is 0 Å². The number of sulfone groups is 1. The summed E-state index contributed by atoms with van der Waals surface area (Å²) in [5.74, 6) is 0.399. The predicted octanol–water partition coefficient (Wildman–Crippen LogP) is 2.47. The number of thiazole rings is 1. The van der Waals surface area contributed by atoms with Gasteiger partial charge in [0.1, 0.15) is 0 Å². The molecule has 1 aromatic carbocycles. The molecular weight excluding hydrogens is 348 g/mol. The molecule has 1 aliphatic rings. The van der Waals surface area contributed by atoms with E-state index in [9.17, 15) is 13.2 Å². The SMILES string of the molecule is O=C(NC1CCS(=O)(=O)C1)c1ccc(-c2nc3ccccc3s2)o1. The van der Waals surface area contributed by atoms with Crippen LogP contribution in [-0.2, 0) is 9.84 Å². The van der Waals surface area contributed by atoms with Crippen molar-refractivity contribution < 1.29 is 17.6 Å². The molecule has 0 bridgehead atoms. The highest BCUT2D eigenvalue weighted by molar-refractivity contribution is 7.91. The normalized spacial score (nSPS) is 19.6. The Morgan fingerprint density at radius 1 is 1.25 bits per heavy atom. The smallest absolute Gasteiger partial charge is 0.287 e. The van der Waals surface area contributed by atoms with Gasteiger partial charge in [-0.15, -0.1) is 11.3 Å². The summed E-state index contributed by atoms with van der Waals surface area (Å²) in [6.45, 7) is 0. The first kappa shape index (κ1) is 15.3. The van der Waals surface area contributed by atoms with Crippen LogP contribution in [-0.4, -0.2) is 36.9 Å². The first-order valence-corrected chi connectivity index (χ1v) is 10.1. The van der Waals surface area contributed by atoms with E-state index in [4.69, 9.17) is 4.42 Å². The van der Waals surface area contributed by atoms with E-state index in [0.29, 0.717) is 17.2 Å². The molecule has 4 rings (SSSR count). The molecule has 0 saturated carbocycles. The van der Waals surface area contributed by atoms with Crippen molar-refractivity contribution in [1.82, 2.24) is 10.3 Å². The summed E-state index contributed by atoms with van der Waals surface area (Å²) in [6.07, 6.45) is 0.444. The Bertz CT molecular complexity index is 987. The minimum atomic E-state index is -3.03. The second-order valence-electron chi connectivity index (χ2n) is 5.72. The average molecular weight is 362 g/mol. The van der Waals surface area contributed by atoms with Gasteiger partial charge in [-0.05, 0) is 30.7 Å². The fraction of sp³-hybridized carbons (Fsp3) is 0.250. The van der Waals surface area contributed by atoms with Crippen molar-refractivity contribution in [3.05, 3.63) is 42.2 Å². The molecule has 1 unspecified atom stereocenters. The minimum Gasteiger partial charge on any atom is -0.448 e. The molecule has 24 heavy (non-hydrogen) atoms. The molecule has 0 aliphatic carbocycles. The summed E-state index contributed by atoms with van der Waals surface area (Å²) < 4.78 is 29.6. The van der Waals surface area contributed by atoms with E-state index in [1.165, 1.54) is 11.3 Å². The monoisotopic (exact) mass is 362 g/mol. The average Bonchev–Trinajstić information content (AvgIpc) is 3.24. The molecule has 124 valence electrons. The van der Waals surface area contributed by atoms with Gasteiger partial charge in [0.25, 0.3) is 5.91 Å². The Balaban J connectivity index is 1.53. The van der Waals surface area contributed by atoms with Gasteiger partial charge in [0.2, 0.25) is 0 Å². The zero-order chi connectivity index (χ0) is 16.7. The molecule has 2 aromatic heterocycles. The van der Waals surface area contributed by atoms with Crippen molar-refractivity contribution in [3.8, 4) is 10.8 Å². The Labute approximate surface area is 142 Å². The molecule has 0 spiro atoms. The van der Waals surface area contributed by atoms with Gasteiger partial charge in [-0.25, -0.2) is 13.4 Å². The number of benzene rings is 1. The van der Waals surface area contributed by atoms with Crippen LogP contribution in [0, 0.1) is 0 Å². The van der Waals surface area contributed by atoms with Crippen LogP contribution in [0.4, 0.5) is 0 Å². The zero-order valence-electron chi connectivity index (χ0n) is 12.6. The van der Waals surface area contributed by atoms with E-state index in [2.05, 4.69) is 10.3 Å². The highest BCUT2D eigenvalue weighted by Crippen LogP contribution is 2.31. The fourth-order valence-electron chi connectivity index (χ4n) is 2.72. The van der Waals surface area contributed by atoms with E-state index >= 15 is 0 Å². The third-order valence-electron chi connectivity index (χ3n) is 3.90. The maximum Gasteiger partial charge on any atom is 0.287 e. The summed E-state index contributed by atoms with van der Waals surface area (Å²) in [5.41, 5.74) is 0.885. The highest BCUT2D eigenvalue weighted by atomic mass is 32.2. The van der Waals surface area contributed by atoms with Crippen LogP contribution in [0.15, 0.2) is 40.8 Å². The number of aromatic nitrogens is 1. The van der Waals surface area contributed by atoms with E-state index in [1.54, 1.807) is 12.1 Å². The topological polar surface area (TPSA) is 89.3 Å². The van der Waals surface area contributed by atoms with Crippen molar-refractivity contribution in [2.24, 2.45) is 0 Å². The van der Waals surface area contributed by atoms with E-state index in [-0.39, 0.29) is 23.3 Å². The van der Waals surface area contributed by atoms with Crippen LogP contribution in [0.5, 0.6) is 0 Å². The Kier molecular flexibility index (Phi) is 3.65. The lowest BCUT2D eigenvalue weighted by Crippen LogP contribution is -2.35. The Hall–Kier alpha value is -2.19. The molecule has 0 radical (unpaired) electrons. The summed E-state index contributed by atoms with van der Waals surface area (Å²) in [6, 6.07) is 10.7. The summed E-state index contributed by atoms with van der Waals surface area (Å²) in [4.78, 5) is 16.7. The lowest BCUT2D eigenvalue weighted by Gasteiger charge is -2.08. The summed E-state index contributed by atoms with van der Waals surface area (Å²) >= 11 is 1.49. The highest BCUT2D eigenvalue weighted by Gasteiger charge is 2.29. The van der Waals surface area contributed by atoms with Gasteiger partial charge in [-0.3, -0.25) is 4.79 Å². The Morgan fingerprint density at radius 3 is 2.83 bits per heavy atom. The van der Waals surface area contributed by atoms with Gasteiger partial charge in [0.05, 0.1) is 21.7 Å². The predicted molar refractivity (Wildman–Crippen MR) is 91.8 cm³/mol. The minimum absolute atomic E-state index is 0.00975. The largest absolute Gasteiger partial charge is 0.448 e. The molecule has 1 atom stereocenters. The number of amides is 1. The number of carbonyl (C=O) groups excluding carboxylic acids is 1. The van der Waals surface area contributed by atoms with Crippen LogP contribution in [0.1, 0.15) is 17.0 Å². The number of furan rings is 1. The maximum atomic E-state index is 12.2. The van der Waals surface area contributed by atoms with Crippen molar-refractivity contribution >= 4 is 37.3 Å². The van der Waals surface area contributed by atoms with Crippen LogP contribution in [0.2, 0.25) is 0 Å². The van der Waals surface area contributed by atoms with Crippen LogP contribution in [0.25, 0.3) is 21.0 Å². The van der Waals surface area contributed by atoms with Crippen molar-refractivity contribution in [3.63, 3.8) is 0 Å². The molecular formula is C16H14N2O4S2. The van der Waals surface area contributed by atoms with Gasteiger partial charge in [0.15, 0.2) is 26.4 Å². The number of nitrogens with zero attached hydrogens (tertiary/aromatic N) is 1. The molecule has 1 fully saturated rings. The van der Waals surface area contributed by atoms with Crippen molar-refractivity contribution in [2.75, 3.05) is 11.5 Å². The molecule has 6 nitrogen and oxygen atoms in total. The van der Waals surface area contributed by atoms with Crippen molar-refractivity contribution in [1.29, 1.82) is 0 Å². The lowest BCUT2D eigenvalue weighted by molar-refractivity contribution is 0.0914. The number of rotatable bonds is 3. The molecule has 3 aromatic rings. The quantitative estimate of drug-likeness (QED) is 0.773. The number of carbonyl (C=O) groups is 1. The second kappa shape index (κ2) is 5.71. The van der Waals surface area contributed by atoms with E-state index < -0.39 is 15.7 Å². The van der Waals surface area contributed by atoms with E-state index in [0.717, 1.165) is 10.2 Å². The van der Waals surface area contributed by atoms with E-state index in [1.807, 2.05) is 24.3 Å². The van der Waals surface area contributed by atoms with Crippen LogP contribution >= 0.6 is 11.3 Å². The number of hydrogen-bond acceptors (Lipinski definition) is 6. The van der Waals surface area contributed by atoms with Gasteiger partial charge in [-0.1, -0.05) is 12.1 Å². The van der Waals surface area contributed by atoms with Gasteiger partial charge in [-0.2, -0.15) is 0 Å². The summed E-state index contributed by atoms with van der Waals surface area (Å²) in [7, 11) is -3.03. The standard InChI is InChI=1S/C16H14N2O4S2/c19-15(17-10-7-8-24(20,21)9-10)12-5-6-13(22-12)16-18-11-3-1-2-4-14(11)23-16/h1-6,10H,7-9H2,(H,17,19). The maximum absolute atomic E-state index is 12.2.